The SMILES string of the molecule is Cc1cccc(NC(=O)c2ccnc(N3CCN(c4ccccn4)CC3)c2)c1C. The molecule has 1 N–H and O–H groups in total. The van der Waals surface area contributed by atoms with Crippen LogP contribution in [-0.4, -0.2) is 42.1 Å². The summed E-state index contributed by atoms with van der Waals surface area (Å²) in [7, 11) is 0. The lowest BCUT2D eigenvalue weighted by Crippen LogP contribution is -2.47. The third kappa shape index (κ3) is 4.21. The molecule has 0 saturated carbocycles. The number of benzene rings is 1. The second-order valence-electron chi connectivity index (χ2n) is 7.27. The number of anilines is 3. The van der Waals surface area contributed by atoms with Gasteiger partial charge in [-0.1, -0.05) is 18.2 Å². The van der Waals surface area contributed by atoms with Gasteiger partial charge in [0.05, 0.1) is 0 Å². The maximum Gasteiger partial charge on any atom is 0.255 e. The van der Waals surface area contributed by atoms with E-state index in [1.807, 2.05) is 62.5 Å². The lowest BCUT2D eigenvalue weighted by molar-refractivity contribution is 0.102. The van der Waals surface area contributed by atoms with Crippen molar-refractivity contribution in [3.8, 4) is 0 Å². The summed E-state index contributed by atoms with van der Waals surface area (Å²) < 4.78 is 0. The quantitative estimate of drug-likeness (QED) is 0.740. The van der Waals surface area contributed by atoms with Gasteiger partial charge in [0.2, 0.25) is 0 Å². The van der Waals surface area contributed by atoms with E-state index in [-0.39, 0.29) is 5.91 Å². The van der Waals surface area contributed by atoms with Gasteiger partial charge in [-0.05, 0) is 55.3 Å². The summed E-state index contributed by atoms with van der Waals surface area (Å²) in [4.78, 5) is 26.2. The number of rotatable bonds is 4. The number of piperazine rings is 1. The van der Waals surface area contributed by atoms with Crippen LogP contribution in [0.15, 0.2) is 60.9 Å². The fourth-order valence-corrected chi connectivity index (χ4v) is 3.52. The average Bonchev–Trinajstić information content (AvgIpc) is 2.78. The van der Waals surface area contributed by atoms with Crippen LogP contribution in [0, 0.1) is 13.8 Å². The maximum atomic E-state index is 12.8. The zero-order chi connectivity index (χ0) is 20.2. The van der Waals surface area contributed by atoms with Crippen molar-refractivity contribution in [2.24, 2.45) is 0 Å². The third-order valence-electron chi connectivity index (χ3n) is 5.44. The molecule has 1 aliphatic heterocycles. The number of hydrogen-bond acceptors (Lipinski definition) is 5. The number of pyridine rings is 2. The minimum absolute atomic E-state index is 0.116. The summed E-state index contributed by atoms with van der Waals surface area (Å²) in [5.74, 6) is 1.72. The molecule has 1 fully saturated rings. The molecular weight excluding hydrogens is 362 g/mol. The Labute approximate surface area is 171 Å². The van der Waals surface area contributed by atoms with Gasteiger partial charge >= 0.3 is 0 Å². The Morgan fingerprint density at radius 3 is 2.31 bits per heavy atom. The molecule has 148 valence electrons. The normalized spacial score (nSPS) is 14.0. The Balaban J connectivity index is 1.44. The first-order valence-electron chi connectivity index (χ1n) is 9.86. The zero-order valence-electron chi connectivity index (χ0n) is 16.8. The van der Waals surface area contributed by atoms with Gasteiger partial charge in [0.1, 0.15) is 11.6 Å². The summed E-state index contributed by atoms with van der Waals surface area (Å²) in [5.41, 5.74) is 3.70. The van der Waals surface area contributed by atoms with Gasteiger partial charge in [-0.2, -0.15) is 0 Å². The van der Waals surface area contributed by atoms with E-state index in [0.29, 0.717) is 5.56 Å². The smallest absolute Gasteiger partial charge is 0.255 e. The highest BCUT2D eigenvalue weighted by molar-refractivity contribution is 6.05. The van der Waals surface area contributed by atoms with Crippen molar-refractivity contribution < 1.29 is 4.79 Å². The van der Waals surface area contributed by atoms with Crippen LogP contribution >= 0.6 is 0 Å². The molecule has 0 atom stereocenters. The molecular formula is C23H25N5O. The molecule has 0 bridgehead atoms. The highest BCUT2D eigenvalue weighted by Gasteiger charge is 2.20. The summed E-state index contributed by atoms with van der Waals surface area (Å²) in [6.45, 7) is 7.48. The van der Waals surface area contributed by atoms with E-state index in [4.69, 9.17) is 0 Å². The van der Waals surface area contributed by atoms with Crippen molar-refractivity contribution in [2.45, 2.75) is 13.8 Å². The van der Waals surface area contributed by atoms with Crippen molar-refractivity contribution in [3.05, 3.63) is 77.6 Å². The Morgan fingerprint density at radius 1 is 0.862 bits per heavy atom. The molecule has 2 aromatic heterocycles. The van der Waals surface area contributed by atoms with Crippen LogP contribution in [-0.2, 0) is 0 Å². The molecule has 1 saturated heterocycles. The number of hydrogen-bond donors (Lipinski definition) is 1. The number of aryl methyl sites for hydroxylation is 1. The first-order chi connectivity index (χ1) is 14.1. The van der Waals surface area contributed by atoms with Crippen LogP contribution in [0.3, 0.4) is 0 Å². The summed E-state index contributed by atoms with van der Waals surface area (Å²) in [5, 5.41) is 3.02. The van der Waals surface area contributed by atoms with Crippen LogP contribution in [0.4, 0.5) is 17.3 Å². The van der Waals surface area contributed by atoms with E-state index in [1.165, 1.54) is 0 Å². The number of aromatic nitrogens is 2. The number of nitrogens with zero attached hydrogens (tertiary/aromatic N) is 4. The highest BCUT2D eigenvalue weighted by atomic mass is 16.1. The Morgan fingerprint density at radius 2 is 1.59 bits per heavy atom. The Bertz CT molecular complexity index is 997. The maximum absolute atomic E-state index is 12.8. The monoisotopic (exact) mass is 387 g/mol. The zero-order valence-corrected chi connectivity index (χ0v) is 16.8. The van der Waals surface area contributed by atoms with Gasteiger partial charge in [-0.3, -0.25) is 4.79 Å². The van der Waals surface area contributed by atoms with Crippen LogP contribution < -0.4 is 15.1 Å². The molecule has 1 amide bonds. The third-order valence-corrected chi connectivity index (χ3v) is 5.44. The first-order valence-corrected chi connectivity index (χ1v) is 9.86. The van der Waals surface area contributed by atoms with E-state index in [2.05, 4.69) is 25.1 Å². The molecule has 0 unspecified atom stereocenters. The van der Waals surface area contributed by atoms with Crippen molar-refractivity contribution in [2.75, 3.05) is 41.3 Å². The van der Waals surface area contributed by atoms with Gasteiger partial charge in [-0.15, -0.1) is 0 Å². The minimum Gasteiger partial charge on any atom is -0.353 e. The molecule has 3 aromatic rings. The first kappa shape index (κ1) is 18.9. The van der Waals surface area contributed by atoms with Crippen molar-refractivity contribution >= 4 is 23.2 Å². The van der Waals surface area contributed by atoms with E-state index in [1.54, 1.807) is 12.3 Å². The molecule has 0 aliphatic carbocycles. The topological polar surface area (TPSA) is 61.4 Å². The molecule has 1 aliphatic rings. The Hall–Kier alpha value is -3.41. The van der Waals surface area contributed by atoms with Crippen molar-refractivity contribution in [1.29, 1.82) is 0 Å². The van der Waals surface area contributed by atoms with Crippen LogP contribution in [0.5, 0.6) is 0 Å². The molecule has 1 aromatic carbocycles. The van der Waals surface area contributed by atoms with Gasteiger partial charge in [0.25, 0.3) is 5.91 Å². The average molecular weight is 387 g/mol. The molecule has 4 rings (SSSR count). The van der Waals surface area contributed by atoms with Crippen LogP contribution in [0.25, 0.3) is 0 Å². The van der Waals surface area contributed by atoms with Crippen LogP contribution in [0.2, 0.25) is 0 Å². The van der Waals surface area contributed by atoms with Gasteiger partial charge in [0, 0.05) is 49.8 Å². The predicted molar refractivity (Wildman–Crippen MR) is 117 cm³/mol. The summed E-state index contributed by atoms with van der Waals surface area (Å²) in [6, 6.07) is 15.5. The number of amides is 1. The van der Waals surface area contributed by atoms with Crippen molar-refractivity contribution in [1.82, 2.24) is 9.97 Å². The second kappa shape index (κ2) is 8.31. The van der Waals surface area contributed by atoms with E-state index < -0.39 is 0 Å². The molecule has 3 heterocycles. The second-order valence-corrected chi connectivity index (χ2v) is 7.27. The van der Waals surface area contributed by atoms with Gasteiger partial charge < -0.3 is 15.1 Å². The molecule has 6 heteroatoms. The number of nitrogens with one attached hydrogen (secondary N) is 1. The minimum atomic E-state index is -0.116. The standard InChI is InChI=1S/C23H25N5O/c1-17-6-5-7-20(18(17)2)26-23(29)19-9-11-25-22(16-19)28-14-12-27(13-15-28)21-8-3-4-10-24-21/h3-11,16H,12-15H2,1-2H3,(H,26,29). The van der Waals surface area contributed by atoms with E-state index in [9.17, 15) is 4.79 Å². The molecule has 29 heavy (non-hydrogen) atoms. The molecule has 0 spiro atoms. The summed E-state index contributed by atoms with van der Waals surface area (Å²) in [6.07, 6.45) is 3.53. The Kier molecular flexibility index (Phi) is 5.42. The summed E-state index contributed by atoms with van der Waals surface area (Å²) >= 11 is 0. The molecule has 6 nitrogen and oxygen atoms in total. The van der Waals surface area contributed by atoms with Gasteiger partial charge in [-0.25, -0.2) is 9.97 Å². The predicted octanol–water partition coefficient (Wildman–Crippen LogP) is 3.67. The number of carbonyl (C=O) groups is 1. The van der Waals surface area contributed by atoms with E-state index in [0.717, 1.165) is 54.6 Å². The van der Waals surface area contributed by atoms with Crippen molar-refractivity contribution in [3.63, 3.8) is 0 Å². The highest BCUT2D eigenvalue weighted by Crippen LogP contribution is 2.21. The number of carbonyl (C=O) groups excluding carboxylic acids is 1. The lowest BCUT2D eigenvalue weighted by atomic mass is 10.1. The largest absolute Gasteiger partial charge is 0.353 e. The van der Waals surface area contributed by atoms with Gasteiger partial charge in [0.15, 0.2) is 0 Å². The fourth-order valence-electron chi connectivity index (χ4n) is 3.52. The lowest BCUT2D eigenvalue weighted by Gasteiger charge is -2.36. The van der Waals surface area contributed by atoms with Crippen LogP contribution in [0.1, 0.15) is 21.5 Å². The fraction of sp³-hybridized carbons (Fsp3) is 0.261. The van der Waals surface area contributed by atoms with E-state index >= 15 is 0 Å². The molecule has 0 radical (unpaired) electrons.